The number of halogens is 1. The summed E-state index contributed by atoms with van der Waals surface area (Å²) in [4.78, 5) is 0. The lowest BCUT2D eigenvalue weighted by molar-refractivity contribution is 0.805. The second kappa shape index (κ2) is 3.99. The molecule has 1 aliphatic heterocycles. The van der Waals surface area contributed by atoms with E-state index in [1.807, 2.05) is 6.92 Å². The topological polar surface area (TPSA) is 38.0 Å². The molecule has 0 unspecified atom stereocenters. The Morgan fingerprint density at radius 3 is 2.92 bits per heavy atom. The summed E-state index contributed by atoms with van der Waals surface area (Å²) in [6, 6.07) is 6.46. The fraction of sp³-hybridized carbons (Fsp3) is 0.400. The van der Waals surface area contributed by atoms with E-state index in [1.54, 1.807) is 0 Å². The molecular weight excluding hydrogens is 184 g/mol. The van der Waals surface area contributed by atoms with Crippen LogP contribution in [0.1, 0.15) is 24.1 Å². The lowest BCUT2D eigenvalue weighted by atomic mass is 10.0. The fourth-order valence-corrected chi connectivity index (χ4v) is 1.80. The Bertz CT molecular complexity index is 297. The van der Waals surface area contributed by atoms with E-state index in [0.717, 1.165) is 13.0 Å². The first kappa shape index (κ1) is 10.4. The summed E-state index contributed by atoms with van der Waals surface area (Å²) in [6.07, 6.45) is 1.12. The average molecular weight is 199 g/mol. The molecule has 1 aromatic rings. The minimum atomic E-state index is 0. The van der Waals surface area contributed by atoms with Crippen molar-refractivity contribution >= 4 is 18.1 Å². The van der Waals surface area contributed by atoms with Gasteiger partial charge in [-0.3, -0.25) is 0 Å². The van der Waals surface area contributed by atoms with Crippen LogP contribution in [0, 0.1) is 0 Å². The predicted molar refractivity (Wildman–Crippen MR) is 58.5 cm³/mol. The summed E-state index contributed by atoms with van der Waals surface area (Å²) >= 11 is 0. The molecule has 2 nitrogen and oxygen atoms in total. The first-order chi connectivity index (χ1) is 5.79. The molecule has 3 N–H and O–H groups in total. The summed E-state index contributed by atoms with van der Waals surface area (Å²) in [5.41, 5.74) is 9.83. The van der Waals surface area contributed by atoms with Gasteiger partial charge in [0.25, 0.3) is 0 Å². The van der Waals surface area contributed by atoms with Crippen molar-refractivity contribution in [1.29, 1.82) is 0 Å². The average Bonchev–Trinajstić information content (AvgIpc) is 2.49. The number of nitrogens with one attached hydrogen (secondary N) is 1. The third-order valence-electron chi connectivity index (χ3n) is 2.39. The van der Waals surface area contributed by atoms with Crippen LogP contribution < -0.4 is 11.1 Å². The van der Waals surface area contributed by atoms with Crippen LogP contribution in [-0.4, -0.2) is 6.54 Å². The molecule has 1 heterocycles. The highest BCUT2D eigenvalue weighted by molar-refractivity contribution is 5.85. The standard InChI is InChI=1S/C10H14N2.ClH/c1-7(11)8-3-2-4-10-9(8)5-6-12-10;/h2-4,7,12H,5-6,11H2,1H3;1H/t7-;/m1./s1. The van der Waals surface area contributed by atoms with Gasteiger partial charge >= 0.3 is 0 Å². The van der Waals surface area contributed by atoms with E-state index in [9.17, 15) is 0 Å². The van der Waals surface area contributed by atoms with Gasteiger partial charge in [0.1, 0.15) is 0 Å². The van der Waals surface area contributed by atoms with Gasteiger partial charge in [0.2, 0.25) is 0 Å². The van der Waals surface area contributed by atoms with Gasteiger partial charge in [-0.1, -0.05) is 12.1 Å². The molecule has 1 aromatic carbocycles. The Balaban J connectivity index is 0.000000845. The second-order valence-electron chi connectivity index (χ2n) is 3.34. The summed E-state index contributed by atoms with van der Waals surface area (Å²) in [6.45, 7) is 3.09. The van der Waals surface area contributed by atoms with Gasteiger partial charge in [-0.25, -0.2) is 0 Å². The Hall–Kier alpha value is -0.730. The monoisotopic (exact) mass is 198 g/mol. The van der Waals surface area contributed by atoms with Gasteiger partial charge in [0.15, 0.2) is 0 Å². The van der Waals surface area contributed by atoms with E-state index in [1.165, 1.54) is 16.8 Å². The molecule has 1 atom stereocenters. The molecule has 0 radical (unpaired) electrons. The highest BCUT2D eigenvalue weighted by Gasteiger charge is 2.14. The van der Waals surface area contributed by atoms with Crippen LogP contribution in [0.15, 0.2) is 18.2 Å². The fourth-order valence-electron chi connectivity index (χ4n) is 1.80. The van der Waals surface area contributed by atoms with Crippen molar-refractivity contribution in [3.05, 3.63) is 29.3 Å². The van der Waals surface area contributed by atoms with Crippen LogP contribution in [0.2, 0.25) is 0 Å². The van der Waals surface area contributed by atoms with Crippen molar-refractivity contribution in [3.8, 4) is 0 Å². The molecule has 0 saturated heterocycles. The number of hydrogen-bond acceptors (Lipinski definition) is 2. The summed E-state index contributed by atoms with van der Waals surface area (Å²) in [7, 11) is 0. The Morgan fingerprint density at radius 1 is 1.46 bits per heavy atom. The van der Waals surface area contributed by atoms with Crippen LogP contribution in [0.5, 0.6) is 0 Å². The van der Waals surface area contributed by atoms with E-state index in [2.05, 4.69) is 23.5 Å². The zero-order valence-corrected chi connectivity index (χ0v) is 8.53. The van der Waals surface area contributed by atoms with Gasteiger partial charge < -0.3 is 11.1 Å². The van der Waals surface area contributed by atoms with Gasteiger partial charge in [0, 0.05) is 18.3 Å². The SMILES string of the molecule is C[C@@H](N)c1cccc2c1CCN2.Cl. The van der Waals surface area contributed by atoms with Crippen molar-refractivity contribution in [2.75, 3.05) is 11.9 Å². The van der Waals surface area contributed by atoms with Gasteiger partial charge in [-0.2, -0.15) is 0 Å². The normalized spacial score (nSPS) is 15.5. The highest BCUT2D eigenvalue weighted by atomic mass is 35.5. The van der Waals surface area contributed by atoms with Crippen molar-refractivity contribution < 1.29 is 0 Å². The molecule has 0 fully saturated rings. The smallest absolute Gasteiger partial charge is 0.0376 e. The largest absolute Gasteiger partial charge is 0.384 e. The molecule has 1 aliphatic rings. The molecule has 0 spiro atoms. The predicted octanol–water partition coefficient (Wildman–Crippen LogP) is 2.10. The van der Waals surface area contributed by atoms with Gasteiger partial charge in [-0.15, -0.1) is 12.4 Å². The maximum absolute atomic E-state index is 5.86. The number of nitrogens with two attached hydrogens (primary N) is 1. The first-order valence-corrected chi connectivity index (χ1v) is 4.40. The number of anilines is 1. The maximum atomic E-state index is 5.86. The summed E-state index contributed by atoms with van der Waals surface area (Å²) in [5, 5.41) is 3.34. The third kappa shape index (κ3) is 1.79. The molecule has 72 valence electrons. The van der Waals surface area contributed by atoms with E-state index < -0.39 is 0 Å². The molecule has 3 heteroatoms. The summed E-state index contributed by atoms with van der Waals surface area (Å²) in [5.74, 6) is 0. The molecule has 13 heavy (non-hydrogen) atoms. The van der Waals surface area contributed by atoms with Gasteiger partial charge in [-0.05, 0) is 30.5 Å². The maximum Gasteiger partial charge on any atom is 0.0376 e. The van der Waals surface area contributed by atoms with Crippen LogP contribution >= 0.6 is 12.4 Å². The molecule has 0 amide bonds. The van der Waals surface area contributed by atoms with Crippen molar-refractivity contribution in [3.63, 3.8) is 0 Å². The van der Waals surface area contributed by atoms with Crippen LogP contribution in [0.25, 0.3) is 0 Å². The number of benzene rings is 1. The molecule has 0 aliphatic carbocycles. The second-order valence-corrected chi connectivity index (χ2v) is 3.34. The number of hydrogen-bond donors (Lipinski definition) is 2. The molecule has 2 rings (SSSR count). The Morgan fingerprint density at radius 2 is 2.23 bits per heavy atom. The number of fused-ring (bicyclic) bond motifs is 1. The molecule has 0 saturated carbocycles. The van der Waals surface area contributed by atoms with Gasteiger partial charge in [0.05, 0.1) is 0 Å². The zero-order chi connectivity index (χ0) is 8.55. The minimum absolute atomic E-state index is 0. The van der Waals surface area contributed by atoms with E-state index in [0.29, 0.717) is 0 Å². The van der Waals surface area contributed by atoms with Crippen LogP contribution in [-0.2, 0) is 6.42 Å². The number of rotatable bonds is 1. The van der Waals surface area contributed by atoms with E-state index in [4.69, 9.17) is 5.73 Å². The lowest BCUT2D eigenvalue weighted by Gasteiger charge is -2.10. The Kier molecular flexibility index (Phi) is 3.17. The highest BCUT2D eigenvalue weighted by Crippen LogP contribution is 2.28. The van der Waals surface area contributed by atoms with Crippen molar-refractivity contribution in [1.82, 2.24) is 0 Å². The van der Waals surface area contributed by atoms with Crippen molar-refractivity contribution in [2.45, 2.75) is 19.4 Å². The summed E-state index contributed by atoms with van der Waals surface area (Å²) < 4.78 is 0. The molecular formula is C10H15ClN2. The minimum Gasteiger partial charge on any atom is -0.384 e. The van der Waals surface area contributed by atoms with Crippen molar-refractivity contribution in [2.24, 2.45) is 5.73 Å². The lowest BCUT2D eigenvalue weighted by Crippen LogP contribution is -2.07. The third-order valence-corrected chi connectivity index (χ3v) is 2.39. The van der Waals surface area contributed by atoms with E-state index in [-0.39, 0.29) is 18.4 Å². The van der Waals surface area contributed by atoms with Crippen LogP contribution in [0.3, 0.4) is 0 Å². The molecule has 0 bridgehead atoms. The Labute approximate surface area is 84.9 Å². The zero-order valence-electron chi connectivity index (χ0n) is 7.71. The quantitative estimate of drug-likeness (QED) is 0.726. The molecule has 0 aromatic heterocycles. The van der Waals surface area contributed by atoms with E-state index >= 15 is 0 Å². The first-order valence-electron chi connectivity index (χ1n) is 4.40. The van der Waals surface area contributed by atoms with Crippen LogP contribution in [0.4, 0.5) is 5.69 Å².